The number of nitrogens with zero attached hydrogens (tertiary/aromatic N) is 1. The monoisotopic (exact) mass is 202 g/mol. The van der Waals surface area contributed by atoms with Crippen molar-refractivity contribution >= 4 is 5.91 Å². The Morgan fingerprint density at radius 2 is 2.21 bits per heavy atom. The Morgan fingerprint density at radius 1 is 1.57 bits per heavy atom. The van der Waals surface area contributed by atoms with Gasteiger partial charge in [-0.05, 0) is 18.9 Å². The first kappa shape index (κ1) is 13.4. The van der Waals surface area contributed by atoms with E-state index in [1.165, 1.54) is 0 Å². The molecule has 1 atom stereocenters. The number of carbonyl (C=O) groups is 1. The van der Waals surface area contributed by atoms with Crippen molar-refractivity contribution in [1.29, 1.82) is 0 Å². The zero-order chi connectivity index (χ0) is 11.0. The van der Waals surface area contributed by atoms with Crippen molar-refractivity contribution in [3.05, 3.63) is 0 Å². The van der Waals surface area contributed by atoms with E-state index < -0.39 is 0 Å². The van der Waals surface area contributed by atoms with Crippen LogP contribution in [-0.2, 0) is 9.53 Å². The van der Waals surface area contributed by atoms with Crippen LogP contribution in [0.5, 0.6) is 0 Å². The van der Waals surface area contributed by atoms with Gasteiger partial charge in [0.2, 0.25) is 5.91 Å². The van der Waals surface area contributed by atoms with Gasteiger partial charge in [0.05, 0.1) is 0 Å². The molecule has 0 radical (unpaired) electrons. The van der Waals surface area contributed by atoms with Crippen molar-refractivity contribution in [2.75, 3.05) is 33.4 Å². The molecule has 0 heterocycles. The molecule has 0 rings (SSSR count). The molecular formula is C10H22N2O2. The molecule has 0 aromatic carbocycles. The van der Waals surface area contributed by atoms with Crippen LogP contribution in [0.2, 0.25) is 0 Å². The van der Waals surface area contributed by atoms with Crippen molar-refractivity contribution in [2.24, 2.45) is 11.7 Å². The number of amides is 1. The van der Waals surface area contributed by atoms with E-state index in [2.05, 4.69) is 0 Å². The van der Waals surface area contributed by atoms with Gasteiger partial charge in [0.15, 0.2) is 0 Å². The summed E-state index contributed by atoms with van der Waals surface area (Å²) in [6, 6.07) is 0. The maximum absolute atomic E-state index is 11.4. The topological polar surface area (TPSA) is 55.6 Å². The predicted molar refractivity (Wildman–Crippen MR) is 57.0 cm³/mol. The Balaban J connectivity index is 3.64. The van der Waals surface area contributed by atoms with Gasteiger partial charge < -0.3 is 15.4 Å². The second kappa shape index (κ2) is 7.76. The Labute approximate surface area is 86.4 Å². The summed E-state index contributed by atoms with van der Waals surface area (Å²) in [6.07, 6.45) is 0.941. The third-order valence-electron chi connectivity index (χ3n) is 1.99. The van der Waals surface area contributed by atoms with Crippen molar-refractivity contribution in [2.45, 2.75) is 20.3 Å². The van der Waals surface area contributed by atoms with E-state index in [4.69, 9.17) is 10.5 Å². The van der Waals surface area contributed by atoms with Crippen LogP contribution in [0.25, 0.3) is 0 Å². The summed E-state index contributed by atoms with van der Waals surface area (Å²) >= 11 is 0. The molecule has 0 bridgehead atoms. The quantitative estimate of drug-likeness (QED) is 0.610. The predicted octanol–water partition coefficient (Wildman–Crippen LogP) is 0.466. The molecule has 0 saturated carbocycles. The highest BCUT2D eigenvalue weighted by atomic mass is 16.5. The fourth-order valence-electron chi connectivity index (χ4n) is 1.06. The summed E-state index contributed by atoms with van der Waals surface area (Å²) in [4.78, 5) is 13.1. The van der Waals surface area contributed by atoms with E-state index in [9.17, 15) is 4.79 Å². The van der Waals surface area contributed by atoms with E-state index in [1.807, 2.05) is 13.8 Å². The van der Waals surface area contributed by atoms with E-state index in [0.717, 1.165) is 6.42 Å². The lowest BCUT2D eigenvalue weighted by atomic mass is 10.2. The maximum atomic E-state index is 11.4. The van der Waals surface area contributed by atoms with Crippen LogP contribution in [0.1, 0.15) is 20.3 Å². The van der Waals surface area contributed by atoms with Gasteiger partial charge in [-0.15, -0.1) is 0 Å². The van der Waals surface area contributed by atoms with Crippen molar-refractivity contribution < 1.29 is 9.53 Å². The number of nitrogens with two attached hydrogens (primary N) is 1. The molecule has 1 amide bonds. The Morgan fingerprint density at radius 3 is 2.71 bits per heavy atom. The van der Waals surface area contributed by atoms with Gasteiger partial charge in [0.25, 0.3) is 0 Å². The molecule has 0 spiro atoms. The Bertz CT molecular complexity index is 162. The van der Waals surface area contributed by atoms with Gasteiger partial charge >= 0.3 is 0 Å². The van der Waals surface area contributed by atoms with Crippen LogP contribution >= 0.6 is 0 Å². The number of hydrogen-bond acceptors (Lipinski definition) is 3. The van der Waals surface area contributed by atoms with Crippen LogP contribution in [-0.4, -0.2) is 44.2 Å². The molecule has 0 saturated heterocycles. The lowest BCUT2D eigenvalue weighted by Crippen LogP contribution is -2.35. The highest BCUT2D eigenvalue weighted by molar-refractivity contribution is 5.77. The normalized spacial score (nSPS) is 12.6. The molecule has 4 heteroatoms. The summed E-state index contributed by atoms with van der Waals surface area (Å²) in [6.45, 7) is 6.17. The van der Waals surface area contributed by atoms with Crippen LogP contribution in [0.3, 0.4) is 0 Å². The second-order valence-corrected chi connectivity index (χ2v) is 3.67. The van der Waals surface area contributed by atoms with Crippen molar-refractivity contribution in [3.8, 4) is 0 Å². The van der Waals surface area contributed by atoms with E-state index in [-0.39, 0.29) is 12.5 Å². The largest absolute Gasteiger partial charge is 0.372 e. The summed E-state index contributed by atoms with van der Waals surface area (Å²) in [5.74, 6) is 0.369. The van der Waals surface area contributed by atoms with Crippen LogP contribution < -0.4 is 5.73 Å². The van der Waals surface area contributed by atoms with Crippen molar-refractivity contribution in [3.63, 3.8) is 0 Å². The summed E-state index contributed by atoms with van der Waals surface area (Å²) < 4.78 is 5.16. The molecule has 84 valence electrons. The minimum absolute atomic E-state index is 0.0266. The molecule has 0 aromatic rings. The van der Waals surface area contributed by atoms with Gasteiger partial charge in [-0.25, -0.2) is 0 Å². The molecule has 0 aliphatic rings. The SMILES string of the molecule is CCCOCC(=O)N(C)CC(C)CN. The molecule has 4 nitrogen and oxygen atoms in total. The zero-order valence-electron chi connectivity index (χ0n) is 9.45. The number of hydrogen-bond donors (Lipinski definition) is 1. The van der Waals surface area contributed by atoms with Crippen LogP contribution in [0, 0.1) is 5.92 Å². The second-order valence-electron chi connectivity index (χ2n) is 3.67. The number of ether oxygens (including phenoxy) is 1. The standard InChI is InChI=1S/C10H22N2O2/c1-4-5-14-8-10(13)12(3)7-9(2)6-11/h9H,4-8,11H2,1-3H3. The summed E-state index contributed by atoms with van der Waals surface area (Å²) in [5.41, 5.74) is 5.47. The number of rotatable bonds is 7. The fourth-order valence-corrected chi connectivity index (χ4v) is 1.06. The lowest BCUT2D eigenvalue weighted by Gasteiger charge is -2.20. The molecule has 0 fully saturated rings. The highest BCUT2D eigenvalue weighted by Crippen LogP contribution is 1.96. The first-order valence-electron chi connectivity index (χ1n) is 5.13. The van der Waals surface area contributed by atoms with E-state index in [1.54, 1.807) is 11.9 Å². The highest BCUT2D eigenvalue weighted by Gasteiger charge is 2.11. The third-order valence-corrected chi connectivity index (χ3v) is 1.99. The molecule has 0 aromatic heterocycles. The van der Waals surface area contributed by atoms with E-state index in [0.29, 0.717) is 25.6 Å². The van der Waals surface area contributed by atoms with Gasteiger partial charge in [-0.3, -0.25) is 4.79 Å². The number of carbonyl (C=O) groups excluding carboxylic acids is 1. The smallest absolute Gasteiger partial charge is 0.248 e. The Kier molecular flexibility index (Phi) is 7.42. The minimum Gasteiger partial charge on any atom is -0.372 e. The molecule has 1 unspecified atom stereocenters. The summed E-state index contributed by atoms with van der Waals surface area (Å²) in [5, 5.41) is 0. The van der Waals surface area contributed by atoms with Gasteiger partial charge in [0, 0.05) is 20.2 Å². The van der Waals surface area contributed by atoms with Gasteiger partial charge in [-0.1, -0.05) is 13.8 Å². The average Bonchev–Trinajstić information content (AvgIpc) is 2.17. The summed E-state index contributed by atoms with van der Waals surface area (Å²) in [7, 11) is 1.78. The molecule has 2 N–H and O–H groups in total. The molecule has 0 aliphatic heterocycles. The fraction of sp³-hybridized carbons (Fsp3) is 0.900. The van der Waals surface area contributed by atoms with Gasteiger partial charge in [-0.2, -0.15) is 0 Å². The first-order valence-corrected chi connectivity index (χ1v) is 5.13. The molecule has 0 aliphatic carbocycles. The lowest BCUT2D eigenvalue weighted by molar-refractivity contribution is -0.135. The maximum Gasteiger partial charge on any atom is 0.248 e. The van der Waals surface area contributed by atoms with Crippen LogP contribution in [0.15, 0.2) is 0 Å². The third kappa shape index (κ3) is 5.94. The average molecular weight is 202 g/mol. The molecule has 14 heavy (non-hydrogen) atoms. The van der Waals surface area contributed by atoms with E-state index >= 15 is 0 Å². The van der Waals surface area contributed by atoms with Crippen molar-refractivity contribution in [1.82, 2.24) is 4.90 Å². The number of likely N-dealkylation sites (N-methyl/N-ethyl adjacent to an activating group) is 1. The first-order chi connectivity index (χ1) is 6.61. The van der Waals surface area contributed by atoms with Gasteiger partial charge in [0.1, 0.15) is 6.61 Å². The minimum atomic E-state index is 0.0266. The molecular weight excluding hydrogens is 180 g/mol. The van der Waals surface area contributed by atoms with Crippen LogP contribution in [0.4, 0.5) is 0 Å². The zero-order valence-corrected chi connectivity index (χ0v) is 9.45. The Hall–Kier alpha value is -0.610.